The third kappa shape index (κ3) is 2.62. The van der Waals surface area contributed by atoms with Crippen LogP contribution >= 0.6 is 0 Å². The number of likely N-dealkylation sites (tertiary alicyclic amines) is 1. The lowest BCUT2D eigenvalue weighted by molar-refractivity contribution is 0.0572. The topological polar surface area (TPSA) is 76.7 Å². The second kappa shape index (κ2) is 5.36. The largest absolute Gasteiger partial charge is 0.495 e. The number of benzene rings is 1. The molecule has 5 nitrogen and oxygen atoms in total. The van der Waals surface area contributed by atoms with Crippen LogP contribution in [-0.2, 0) is 6.54 Å². The highest BCUT2D eigenvalue weighted by Gasteiger charge is 2.29. The van der Waals surface area contributed by atoms with E-state index in [1.54, 1.807) is 6.07 Å². The van der Waals surface area contributed by atoms with Crippen molar-refractivity contribution < 1.29 is 14.9 Å². The fourth-order valence-electron chi connectivity index (χ4n) is 2.16. The molecule has 5 heteroatoms. The summed E-state index contributed by atoms with van der Waals surface area (Å²) in [5.74, 6) is 0.551. The molecular weight excluding hydrogens is 232 g/mol. The minimum Gasteiger partial charge on any atom is -0.495 e. The predicted molar refractivity (Wildman–Crippen MR) is 65.0 cm³/mol. The number of β-amino-alcohol motifs (C(OH)–C–C–N with tert-alkyl or cyclic N) is 2. The molecule has 96 valence electrons. The highest BCUT2D eigenvalue weighted by molar-refractivity contribution is 5.45. The summed E-state index contributed by atoms with van der Waals surface area (Å²) >= 11 is 0. The third-order valence-electron chi connectivity index (χ3n) is 3.13. The van der Waals surface area contributed by atoms with Crippen LogP contribution in [0.5, 0.6) is 5.75 Å². The summed E-state index contributed by atoms with van der Waals surface area (Å²) in [6, 6.07) is 7.46. The Balaban J connectivity index is 2.09. The molecule has 1 aromatic carbocycles. The number of ether oxygens (including phenoxy) is 1. The minimum absolute atomic E-state index is 0.462. The lowest BCUT2D eigenvalue weighted by Crippen LogP contribution is -2.22. The highest BCUT2D eigenvalue weighted by Crippen LogP contribution is 2.21. The molecule has 0 bridgehead atoms. The van der Waals surface area contributed by atoms with E-state index in [0.29, 0.717) is 30.9 Å². The van der Waals surface area contributed by atoms with E-state index >= 15 is 0 Å². The number of methoxy groups -OCH3 is 1. The molecule has 0 aromatic heterocycles. The zero-order chi connectivity index (χ0) is 13.1. The van der Waals surface area contributed by atoms with Crippen molar-refractivity contribution in [3.8, 4) is 11.8 Å². The second-order valence-corrected chi connectivity index (χ2v) is 4.48. The minimum atomic E-state index is -0.676. The van der Waals surface area contributed by atoms with Crippen molar-refractivity contribution in [3.05, 3.63) is 29.3 Å². The summed E-state index contributed by atoms with van der Waals surface area (Å²) in [6.45, 7) is 1.54. The average Bonchev–Trinajstić information content (AvgIpc) is 2.68. The van der Waals surface area contributed by atoms with Gasteiger partial charge >= 0.3 is 0 Å². The van der Waals surface area contributed by atoms with Crippen molar-refractivity contribution in [2.24, 2.45) is 0 Å². The van der Waals surface area contributed by atoms with E-state index < -0.39 is 12.2 Å². The van der Waals surface area contributed by atoms with Crippen LogP contribution in [0.4, 0.5) is 0 Å². The molecule has 0 spiro atoms. The number of hydrogen-bond donors (Lipinski definition) is 2. The Morgan fingerprint density at radius 3 is 2.61 bits per heavy atom. The van der Waals surface area contributed by atoms with Gasteiger partial charge in [0.25, 0.3) is 0 Å². The smallest absolute Gasteiger partial charge is 0.136 e. The van der Waals surface area contributed by atoms with Crippen LogP contribution in [0.15, 0.2) is 18.2 Å². The van der Waals surface area contributed by atoms with Gasteiger partial charge in [-0.3, -0.25) is 4.90 Å². The Morgan fingerprint density at radius 1 is 1.39 bits per heavy atom. The summed E-state index contributed by atoms with van der Waals surface area (Å²) in [4.78, 5) is 1.97. The summed E-state index contributed by atoms with van der Waals surface area (Å²) in [5, 5.41) is 27.8. The Kier molecular flexibility index (Phi) is 3.82. The number of nitriles is 1. The zero-order valence-electron chi connectivity index (χ0n) is 10.2. The molecule has 18 heavy (non-hydrogen) atoms. The quantitative estimate of drug-likeness (QED) is 0.793. The Labute approximate surface area is 106 Å². The maximum Gasteiger partial charge on any atom is 0.136 e. The van der Waals surface area contributed by atoms with Gasteiger partial charge in [0.1, 0.15) is 11.8 Å². The number of aliphatic hydroxyl groups excluding tert-OH is 2. The second-order valence-electron chi connectivity index (χ2n) is 4.48. The molecule has 2 atom stereocenters. The van der Waals surface area contributed by atoms with E-state index in [0.717, 1.165) is 5.56 Å². The first kappa shape index (κ1) is 12.8. The van der Waals surface area contributed by atoms with Crippen LogP contribution in [0.25, 0.3) is 0 Å². The van der Waals surface area contributed by atoms with E-state index in [9.17, 15) is 10.2 Å². The first-order chi connectivity index (χ1) is 8.63. The number of rotatable bonds is 3. The molecule has 0 aliphatic carbocycles. The molecule has 0 saturated carbocycles. The van der Waals surface area contributed by atoms with Crippen molar-refractivity contribution in [2.45, 2.75) is 18.8 Å². The monoisotopic (exact) mass is 248 g/mol. The van der Waals surface area contributed by atoms with Gasteiger partial charge < -0.3 is 14.9 Å². The Hall–Kier alpha value is -1.61. The van der Waals surface area contributed by atoms with E-state index in [1.165, 1.54) is 7.11 Å². The molecular formula is C13H16N2O3. The van der Waals surface area contributed by atoms with Crippen LogP contribution in [0.2, 0.25) is 0 Å². The molecule has 0 unspecified atom stereocenters. The van der Waals surface area contributed by atoms with Crippen molar-refractivity contribution in [3.63, 3.8) is 0 Å². The molecule has 2 rings (SSSR count). The van der Waals surface area contributed by atoms with Gasteiger partial charge in [-0.2, -0.15) is 5.26 Å². The normalized spacial score (nSPS) is 23.9. The molecule has 1 aliphatic rings. The van der Waals surface area contributed by atoms with E-state index in [2.05, 4.69) is 6.07 Å². The molecule has 1 saturated heterocycles. The van der Waals surface area contributed by atoms with Crippen LogP contribution in [0.3, 0.4) is 0 Å². The van der Waals surface area contributed by atoms with E-state index in [4.69, 9.17) is 10.00 Å². The van der Waals surface area contributed by atoms with Crippen molar-refractivity contribution in [2.75, 3.05) is 20.2 Å². The summed E-state index contributed by atoms with van der Waals surface area (Å²) < 4.78 is 5.14. The first-order valence-corrected chi connectivity index (χ1v) is 5.79. The Bertz CT molecular complexity index is 460. The van der Waals surface area contributed by atoms with Crippen LogP contribution in [0.1, 0.15) is 11.1 Å². The molecule has 1 aromatic rings. The summed E-state index contributed by atoms with van der Waals surface area (Å²) in [6.07, 6.45) is -1.35. The fourth-order valence-corrected chi connectivity index (χ4v) is 2.16. The summed E-state index contributed by atoms with van der Waals surface area (Å²) in [7, 11) is 1.53. The van der Waals surface area contributed by atoms with E-state index in [-0.39, 0.29) is 0 Å². The van der Waals surface area contributed by atoms with Gasteiger partial charge in [-0.05, 0) is 17.7 Å². The number of nitrogens with zero attached hydrogens (tertiary/aromatic N) is 2. The van der Waals surface area contributed by atoms with Crippen LogP contribution in [-0.4, -0.2) is 47.5 Å². The molecule has 2 N–H and O–H groups in total. The predicted octanol–water partition coefficient (Wildman–Crippen LogP) is 0.104. The van der Waals surface area contributed by atoms with Crippen LogP contribution < -0.4 is 4.74 Å². The number of aliphatic hydroxyl groups is 2. The van der Waals surface area contributed by atoms with Gasteiger partial charge in [-0.15, -0.1) is 0 Å². The van der Waals surface area contributed by atoms with Gasteiger partial charge in [0.15, 0.2) is 0 Å². The van der Waals surface area contributed by atoms with Crippen LogP contribution in [0, 0.1) is 11.3 Å². The standard InChI is InChI=1S/C13H16N2O3/c1-18-13-4-9(2-3-10(13)5-14)6-15-7-11(16)12(17)8-15/h2-4,11-12,16-17H,6-8H2,1H3/t11-,12+. The van der Waals surface area contributed by atoms with Gasteiger partial charge in [0.05, 0.1) is 24.9 Å². The lowest BCUT2D eigenvalue weighted by atomic mass is 10.1. The third-order valence-corrected chi connectivity index (χ3v) is 3.13. The SMILES string of the molecule is COc1cc(CN2C[C@@H](O)[C@@H](O)C2)ccc1C#N. The Morgan fingerprint density at radius 2 is 2.06 bits per heavy atom. The molecule has 1 fully saturated rings. The van der Waals surface area contributed by atoms with Gasteiger partial charge in [0.2, 0.25) is 0 Å². The first-order valence-electron chi connectivity index (χ1n) is 5.79. The van der Waals surface area contributed by atoms with Gasteiger partial charge in [0, 0.05) is 19.6 Å². The maximum absolute atomic E-state index is 9.47. The summed E-state index contributed by atoms with van der Waals surface area (Å²) in [5.41, 5.74) is 1.50. The highest BCUT2D eigenvalue weighted by atomic mass is 16.5. The molecule has 0 amide bonds. The van der Waals surface area contributed by atoms with Gasteiger partial charge in [-0.25, -0.2) is 0 Å². The zero-order valence-corrected chi connectivity index (χ0v) is 10.2. The number of hydrogen-bond acceptors (Lipinski definition) is 5. The lowest BCUT2D eigenvalue weighted by Gasteiger charge is -2.15. The maximum atomic E-state index is 9.47. The molecule has 0 radical (unpaired) electrons. The van der Waals surface area contributed by atoms with Gasteiger partial charge in [-0.1, -0.05) is 6.07 Å². The van der Waals surface area contributed by atoms with Crippen molar-refractivity contribution >= 4 is 0 Å². The fraction of sp³-hybridized carbons (Fsp3) is 0.462. The van der Waals surface area contributed by atoms with E-state index in [1.807, 2.05) is 17.0 Å². The van der Waals surface area contributed by atoms with Crippen molar-refractivity contribution in [1.29, 1.82) is 5.26 Å². The molecule has 1 aliphatic heterocycles. The average molecular weight is 248 g/mol. The molecule has 1 heterocycles. The van der Waals surface area contributed by atoms with Crippen molar-refractivity contribution in [1.82, 2.24) is 4.90 Å².